The summed E-state index contributed by atoms with van der Waals surface area (Å²) >= 11 is 0. The molecule has 0 spiro atoms. The average Bonchev–Trinajstić information content (AvgIpc) is 2.63. The minimum absolute atomic E-state index is 0.0552. The highest BCUT2D eigenvalue weighted by molar-refractivity contribution is 5.26. The summed E-state index contributed by atoms with van der Waals surface area (Å²) in [6.45, 7) is 4.90. The Morgan fingerprint density at radius 2 is 1.94 bits per heavy atom. The van der Waals surface area contributed by atoms with Crippen LogP contribution in [0.2, 0.25) is 0 Å². The van der Waals surface area contributed by atoms with E-state index < -0.39 is 0 Å². The van der Waals surface area contributed by atoms with Gasteiger partial charge in [0.1, 0.15) is 0 Å². The summed E-state index contributed by atoms with van der Waals surface area (Å²) in [4.78, 5) is 0. The van der Waals surface area contributed by atoms with Gasteiger partial charge in [-0.1, -0.05) is 24.3 Å². The first kappa shape index (κ1) is 10.9. The van der Waals surface area contributed by atoms with Crippen molar-refractivity contribution in [3.63, 3.8) is 0 Å². The summed E-state index contributed by atoms with van der Waals surface area (Å²) in [6.07, 6.45) is 1.73. The maximum Gasteiger partial charge on any atom is 0.0715 e. The van der Waals surface area contributed by atoms with Crippen molar-refractivity contribution in [3.05, 3.63) is 52.8 Å². The average molecular weight is 216 g/mol. The zero-order valence-corrected chi connectivity index (χ0v) is 9.64. The van der Waals surface area contributed by atoms with Gasteiger partial charge in [0.15, 0.2) is 0 Å². The normalized spacial score (nSPS) is 10.7. The molecule has 0 aliphatic rings. The molecule has 16 heavy (non-hydrogen) atoms. The second kappa shape index (κ2) is 4.49. The topological polar surface area (TPSA) is 38.0 Å². The second-order valence-electron chi connectivity index (χ2n) is 4.00. The van der Waals surface area contributed by atoms with E-state index in [2.05, 4.69) is 24.2 Å². The van der Waals surface area contributed by atoms with Crippen molar-refractivity contribution < 1.29 is 5.11 Å². The molecule has 2 rings (SSSR count). The Morgan fingerprint density at radius 3 is 2.56 bits per heavy atom. The highest BCUT2D eigenvalue weighted by atomic mass is 16.3. The molecule has 0 aliphatic heterocycles. The molecule has 0 radical (unpaired) electrons. The van der Waals surface area contributed by atoms with Crippen LogP contribution in [0.3, 0.4) is 0 Å². The lowest BCUT2D eigenvalue weighted by atomic mass is 10.1. The molecular weight excluding hydrogens is 200 g/mol. The van der Waals surface area contributed by atoms with Gasteiger partial charge in [-0.15, -0.1) is 0 Å². The van der Waals surface area contributed by atoms with Crippen LogP contribution in [0.1, 0.15) is 22.4 Å². The van der Waals surface area contributed by atoms with Crippen molar-refractivity contribution in [2.75, 3.05) is 0 Å². The molecule has 84 valence electrons. The van der Waals surface area contributed by atoms with Crippen LogP contribution in [-0.2, 0) is 13.2 Å². The maximum atomic E-state index is 9.10. The standard InChI is InChI=1S/C13H16N2O/c1-10-5-3-4-6-12(10)8-15-11(2)13(9-16)7-14-15/h3-7,16H,8-9H2,1-2H3. The van der Waals surface area contributed by atoms with Crippen LogP contribution in [0, 0.1) is 13.8 Å². The van der Waals surface area contributed by atoms with Gasteiger partial charge < -0.3 is 5.11 Å². The smallest absolute Gasteiger partial charge is 0.0715 e. The highest BCUT2D eigenvalue weighted by Crippen LogP contribution is 2.12. The Bertz CT molecular complexity index is 488. The summed E-state index contributed by atoms with van der Waals surface area (Å²) < 4.78 is 1.92. The van der Waals surface area contributed by atoms with Crippen molar-refractivity contribution in [1.82, 2.24) is 9.78 Å². The van der Waals surface area contributed by atoms with E-state index in [0.29, 0.717) is 0 Å². The largest absolute Gasteiger partial charge is 0.392 e. The summed E-state index contributed by atoms with van der Waals surface area (Å²) in [5.74, 6) is 0. The van der Waals surface area contributed by atoms with Gasteiger partial charge in [-0.05, 0) is 25.0 Å². The monoisotopic (exact) mass is 216 g/mol. The van der Waals surface area contributed by atoms with Crippen LogP contribution in [0.25, 0.3) is 0 Å². The van der Waals surface area contributed by atoms with E-state index in [1.54, 1.807) is 6.20 Å². The SMILES string of the molecule is Cc1ccccc1Cn1ncc(CO)c1C. The first-order valence-corrected chi connectivity index (χ1v) is 5.39. The van der Waals surface area contributed by atoms with E-state index in [4.69, 9.17) is 5.11 Å². The lowest BCUT2D eigenvalue weighted by Crippen LogP contribution is -2.05. The first-order chi connectivity index (χ1) is 7.72. The Labute approximate surface area is 95.3 Å². The minimum atomic E-state index is 0.0552. The number of rotatable bonds is 3. The molecule has 1 heterocycles. The Kier molecular flexibility index (Phi) is 3.06. The molecule has 0 amide bonds. The second-order valence-corrected chi connectivity index (χ2v) is 4.00. The van der Waals surface area contributed by atoms with Crippen LogP contribution in [0.5, 0.6) is 0 Å². The molecule has 0 bridgehead atoms. The van der Waals surface area contributed by atoms with Crippen LogP contribution in [0.4, 0.5) is 0 Å². The van der Waals surface area contributed by atoms with Crippen LogP contribution >= 0.6 is 0 Å². The predicted molar refractivity (Wildman–Crippen MR) is 63.2 cm³/mol. The fourth-order valence-electron chi connectivity index (χ4n) is 1.75. The number of aryl methyl sites for hydroxylation is 1. The number of aliphatic hydroxyl groups is 1. The Balaban J connectivity index is 2.27. The molecule has 0 aliphatic carbocycles. The third kappa shape index (κ3) is 1.99. The highest BCUT2D eigenvalue weighted by Gasteiger charge is 2.06. The number of hydrogen-bond acceptors (Lipinski definition) is 2. The molecule has 1 aromatic heterocycles. The van der Waals surface area contributed by atoms with E-state index in [1.807, 2.05) is 23.7 Å². The Hall–Kier alpha value is -1.61. The molecule has 3 nitrogen and oxygen atoms in total. The molecule has 2 aromatic rings. The lowest BCUT2D eigenvalue weighted by Gasteiger charge is -2.07. The van der Waals surface area contributed by atoms with Crippen molar-refractivity contribution in [1.29, 1.82) is 0 Å². The maximum absolute atomic E-state index is 9.10. The molecule has 1 N–H and O–H groups in total. The fourth-order valence-corrected chi connectivity index (χ4v) is 1.75. The van der Waals surface area contributed by atoms with Crippen molar-refractivity contribution in [3.8, 4) is 0 Å². The third-order valence-corrected chi connectivity index (χ3v) is 2.96. The Morgan fingerprint density at radius 1 is 1.19 bits per heavy atom. The van der Waals surface area contributed by atoms with Gasteiger partial charge in [-0.25, -0.2) is 0 Å². The van der Waals surface area contributed by atoms with Gasteiger partial charge in [0.05, 0.1) is 19.3 Å². The van der Waals surface area contributed by atoms with Gasteiger partial charge >= 0.3 is 0 Å². The molecule has 1 aromatic carbocycles. The first-order valence-electron chi connectivity index (χ1n) is 5.39. The van der Waals surface area contributed by atoms with Gasteiger partial charge in [0.2, 0.25) is 0 Å². The predicted octanol–water partition coefficient (Wildman–Crippen LogP) is 2.04. The van der Waals surface area contributed by atoms with Gasteiger partial charge in [0.25, 0.3) is 0 Å². The minimum Gasteiger partial charge on any atom is -0.392 e. The molecule has 0 unspecified atom stereocenters. The third-order valence-electron chi connectivity index (χ3n) is 2.96. The number of nitrogens with zero attached hydrogens (tertiary/aromatic N) is 2. The van der Waals surface area contributed by atoms with E-state index >= 15 is 0 Å². The molecule has 0 atom stereocenters. The molecule has 0 saturated carbocycles. The lowest BCUT2D eigenvalue weighted by molar-refractivity contribution is 0.281. The van der Waals surface area contributed by atoms with Gasteiger partial charge in [-0.3, -0.25) is 4.68 Å². The molecule has 0 fully saturated rings. The summed E-state index contributed by atoms with van der Waals surface area (Å²) in [6, 6.07) is 8.28. The van der Waals surface area contributed by atoms with Crippen LogP contribution < -0.4 is 0 Å². The van der Waals surface area contributed by atoms with E-state index in [9.17, 15) is 0 Å². The van der Waals surface area contributed by atoms with Crippen molar-refractivity contribution >= 4 is 0 Å². The molecular formula is C13H16N2O. The van der Waals surface area contributed by atoms with E-state index in [0.717, 1.165) is 17.8 Å². The van der Waals surface area contributed by atoms with Crippen molar-refractivity contribution in [2.45, 2.75) is 27.0 Å². The summed E-state index contributed by atoms with van der Waals surface area (Å²) in [5.41, 5.74) is 4.46. The fraction of sp³-hybridized carbons (Fsp3) is 0.308. The molecule has 3 heteroatoms. The van der Waals surface area contributed by atoms with Crippen LogP contribution in [0.15, 0.2) is 30.5 Å². The molecule has 0 saturated heterocycles. The van der Waals surface area contributed by atoms with Gasteiger partial charge in [0, 0.05) is 11.3 Å². The van der Waals surface area contributed by atoms with Gasteiger partial charge in [-0.2, -0.15) is 5.10 Å². The number of hydrogen-bond donors (Lipinski definition) is 1. The number of aliphatic hydroxyl groups excluding tert-OH is 1. The van der Waals surface area contributed by atoms with E-state index in [-0.39, 0.29) is 6.61 Å². The van der Waals surface area contributed by atoms with Crippen LogP contribution in [-0.4, -0.2) is 14.9 Å². The zero-order chi connectivity index (χ0) is 11.5. The summed E-state index contributed by atoms with van der Waals surface area (Å²) in [7, 11) is 0. The number of aromatic nitrogens is 2. The quantitative estimate of drug-likeness (QED) is 0.852. The number of benzene rings is 1. The summed E-state index contributed by atoms with van der Waals surface area (Å²) in [5, 5.41) is 13.4. The van der Waals surface area contributed by atoms with Crippen molar-refractivity contribution in [2.24, 2.45) is 0 Å². The van der Waals surface area contributed by atoms with E-state index in [1.165, 1.54) is 11.1 Å². The zero-order valence-electron chi connectivity index (χ0n) is 9.64.